The van der Waals surface area contributed by atoms with E-state index in [1.54, 1.807) is 6.92 Å². The van der Waals surface area contributed by atoms with Crippen LogP contribution >= 0.6 is 0 Å². The number of rotatable bonds is 10. The first-order chi connectivity index (χ1) is 8.33. The predicted molar refractivity (Wildman–Crippen MR) is 77.2 cm³/mol. The first-order valence-corrected chi connectivity index (χ1v) is 7.14. The van der Waals surface area contributed by atoms with Gasteiger partial charge in [0.2, 0.25) is 5.91 Å². The van der Waals surface area contributed by atoms with Gasteiger partial charge in [-0.25, -0.2) is 0 Å². The minimum absolute atomic E-state index is 0.408. The van der Waals surface area contributed by atoms with Crippen LogP contribution in [0.25, 0.3) is 0 Å². The van der Waals surface area contributed by atoms with Gasteiger partial charge in [-0.3, -0.25) is 4.79 Å². The molecule has 108 valence electrons. The van der Waals surface area contributed by atoms with E-state index in [0.29, 0.717) is 6.42 Å². The third-order valence-electron chi connectivity index (χ3n) is 3.70. The summed E-state index contributed by atoms with van der Waals surface area (Å²) in [5, 5.41) is 0. The fourth-order valence-electron chi connectivity index (χ4n) is 1.90. The summed E-state index contributed by atoms with van der Waals surface area (Å²) in [4.78, 5) is 13.5. The highest BCUT2D eigenvalue weighted by molar-refractivity contribution is 5.83. The second-order valence-electron chi connectivity index (χ2n) is 5.65. The van der Waals surface area contributed by atoms with E-state index in [4.69, 9.17) is 11.5 Å². The highest BCUT2D eigenvalue weighted by atomic mass is 16.1. The van der Waals surface area contributed by atoms with Crippen molar-refractivity contribution in [1.82, 2.24) is 4.90 Å². The van der Waals surface area contributed by atoms with E-state index in [2.05, 4.69) is 25.7 Å². The average molecular weight is 257 g/mol. The summed E-state index contributed by atoms with van der Waals surface area (Å²) in [6.45, 7) is 11.7. The lowest BCUT2D eigenvalue weighted by Gasteiger charge is -2.25. The highest BCUT2D eigenvalue weighted by Gasteiger charge is 2.24. The van der Waals surface area contributed by atoms with Crippen molar-refractivity contribution in [1.29, 1.82) is 0 Å². The number of amides is 1. The Morgan fingerprint density at radius 1 is 1.33 bits per heavy atom. The van der Waals surface area contributed by atoms with Crippen LogP contribution in [-0.4, -0.2) is 36.0 Å². The summed E-state index contributed by atoms with van der Waals surface area (Å²) < 4.78 is 0. The maximum atomic E-state index is 11.1. The van der Waals surface area contributed by atoms with Crippen LogP contribution in [0, 0.1) is 5.92 Å². The topological polar surface area (TPSA) is 72.3 Å². The van der Waals surface area contributed by atoms with Crippen molar-refractivity contribution < 1.29 is 4.79 Å². The molecule has 4 nitrogen and oxygen atoms in total. The summed E-state index contributed by atoms with van der Waals surface area (Å²) >= 11 is 0. The number of nitrogens with zero attached hydrogens (tertiary/aromatic N) is 1. The minimum atomic E-state index is -0.853. The zero-order valence-electron chi connectivity index (χ0n) is 12.5. The first kappa shape index (κ1) is 17.4. The van der Waals surface area contributed by atoms with Gasteiger partial charge in [-0.1, -0.05) is 27.2 Å². The van der Waals surface area contributed by atoms with E-state index in [1.165, 1.54) is 6.42 Å². The molecular formula is C14H31N3O. The van der Waals surface area contributed by atoms with Crippen molar-refractivity contribution in [2.75, 3.05) is 19.6 Å². The zero-order valence-corrected chi connectivity index (χ0v) is 12.5. The van der Waals surface area contributed by atoms with E-state index in [0.717, 1.165) is 38.4 Å². The van der Waals surface area contributed by atoms with Crippen LogP contribution in [0.1, 0.15) is 53.4 Å². The molecule has 4 heteroatoms. The summed E-state index contributed by atoms with van der Waals surface area (Å²) in [5.74, 6) is 0.338. The quantitative estimate of drug-likeness (QED) is 0.585. The summed E-state index contributed by atoms with van der Waals surface area (Å²) in [7, 11) is 0. The molecule has 0 saturated heterocycles. The molecule has 0 bridgehead atoms. The van der Waals surface area contributed by atoms with Crippen LogP contribution in [0.4, 0.5) is 0 Å². The Labute approximate surface area is 112 Å². The molecule has 0 aromatic heterocycles. The van der Waals surface area contributed by atoms with Crippen molar-refractivity contribution in [3.63, 3.8) is 0 Å². The lowest BCUT2D eigenvalue weighted by Crippen LogP contribution is -2.49. The Kier molecular flexibility index (Phi) is 8.20. The van der Waals surface area contributed by atoms with Crippen molar-refractivity contribution in [3.8, 4) is 0 Å². The molecule has 0 aliphatic rings. The lowest BCUT2D eigenvalue weighted by atomic mass is 9.95. The second kappa shape index (κ2) is 8.48. The van der Waals surface area contributed by atoms with Gasteiger partial charge in [0.05, 0.1) is 5.54 Å². The van der Waals surface area contributed by atoms with Crippen molar-refractivity contribution in [2.24, 2.45) is 17.4 Å². The summed E-state index contributed by atoms with van der Waals surface area (Å²) in [5.41, 5.74) is 10.2. The Balaban J connectivity index is 3.84. The molecule has 1 amide bonds. The van der Waals surface area contributed by atoms with E-state index in [1.807, 2.05) is 0 Å². The number of hydrogen-bond donors (Lipinski definition) is 2. The van der Waals surface area contributed by atoms with Crippen molar-refractivity contribution >= 4 is 5.91 Å². The van der Waals surface area contributed by atoms with Crippen LogP contribution in [0.3, 0.4) is 0 Å². The molecule has 0 aliphatic carbocycles. The van der Waals surface area contributed by atoms with Gasteiger partial charge in [-0.15, -0.1) is 0 Å². The Morgan fingerprint density at radius 3 is 2.39 bits per heavy atom. The molecule has 0 saturated carbocycles. The second-order valence-corrected chi connectivity index (χ2v) is 5.65. The molecule has 0 heterocycles. The Hall–Kier alpha value is -0.610. The van der Waals surface area contributed by atoms with Gasteiger partial charge in [-0.2, -0.15) is 0 Å². The van der Waals surface area contributed by atoms with Gasteiger partial charge in [0.25, 0.3) is 0 Å². The van der Waals surface area contributed by atoms with Crippen molar-refractivity contribution in [2.45, 2.75) is 58.9 Å². The number of unbranched alkanes of at least 4 members (excludes halogenated alkanes) is 1. The average Bonchev–Trinajstić information content (AvgIpc) is 2.32. The van der Waals surface area contributed by atoms with Crippen LogP contribution < -0.4 is 11.5 Å². The number of hydrogen-bond acceptors (Lipinski definition) is 3. The Bertz CT molecular complexity index is 241. The SMILES string of the molecule is CCC(C)CN(CC)CCCCC(C)(N)C(N)=O. The molecule has 0 aromatic rings. The van der Waals surface area contributed by atoms with Crippen molar-refractivity contribution in [3.05, 3.63) is 0 Å². The normalized spacial score (nSPS) is 16.6. The molecular weight excluding hydrogens is 226 g/mol. The molecule has 0 aromatic carbocycles. The van der Waals surface area contributed by atoms with Crippen LogP contribution in [0.5, 0.6) is 0 Å². The largest absolute Gasteiger partial charge is 0.368 e. The standard InChI is InChI=1S/C14H31N3O/c1-5-12(3)11-17(6-2)10-8-7-9-14(4,16)13(15)18/h12H,5-11,16H2,1-4H3,(H2,15,18). The number of carbonyl (C=O) groups excluding carboxylic acids is 1. The third kappa shape index (κ3) is 6.97. The maximum Gasteiger partial charge on any atom is 0.237 e. The number of nitrogens with two attached hydrogens (primary N) is 2. The fourth-order valence-corrected chi connectivity index (χ4v) is 1.90. The van der Waals surface area contributed by atoms with E-state index in [-0.39, 0.29) is 0 Å². The van der Waals surface area contributed by atoms with E-state index < -0.39 is 11.4 Å². The number of carbonyl (C=O) groups is 1. The molecule has 18 heavy (non-hydrogen) atoms. The Morgan fingerprint density at radius 2 is 1.94 bits per heavy atom. The van der Waals surface area contributed by atoms with Gasteiger partial charge < -0.3 is 16.4 Å². The zero-order chi connectivity index (χ0) is 14.2. The van der Waals surface area contributed by atoms with Gasteiger partial charge in [0, 0.05) is 6.54 Å². The molecule has 2 unspecified atom stereocenters. The van der Waals surface area contributed by atoms with Gasteiger partial charge >= 0.3 is 0 Å². The molecule has 0 rings (SSSR count). The van der Waals surface area contributed by atoms with Gasteiger partial charge in [-0.05, 0) is 45.2 Å². The number of primary amides is 1. The molecule has 4 N–H and O–H groups in total. The van der Waals surface area contributed by atoms with Gasteiger partial charge in [0.1, 0.15) is 0 Å². The molecule has 0 aliphatic heterocycles. The minimum Gasteiger partial charge on any atom is -0.368 e. The summed E-state index contributed by atoms with van der Waals surface area (Å²) in [6.07, 6.45) is 3.92. The fraction of sp³-hybridized carbons (Fsp3) is 0.929. The molecule has 0 fully saturated rings. The smallest absolute Gasteiger partial charge is 0.237 e. The highest BCUT2D eigenvalue weighted by Crippen LogP contribution is 2.11. The first-order valence-electron chi connectivity index (χ1n) is 7.14. The molecule has 0 spiro atoms. The predicted octanol–water partition coefficient (Wildman–Crippen LogP) is 1.73. The monoisotopic (exact) mass is 257 g/mol. The maximum absolute atomic E-state index is 11.1. The lowest BCUT2D eigenvalue weighted by molar-refractivity contribution is -0.122. The van der Waals surface area contributed by atoms with Crippen LogP contribution in [-0.2, 0) is 4.79 Å². The van der Waals surface area contributed by atoms with Gasteiger partial charge in [0.15, 0.2) is 0 Å². The summed E-state index contributed by atoms with van der Waals surface area (Å²) in [6, 6.07) is 0. The van der Waals surface area contributed by atoms with Crippen LogP contribution in [0.2, 0.25) is 0 Å². The third-order valence-corrected chi connectivity index (χ3v) is 3.70. The van der Waals surface area contributed by atoms with E-state index >= 15 is 0 Å². The molecule has 0 radical (unpaired) electrons. The van der Waals surface area contributed by atoms with E-state index in [9.17, 15) is 4.79 Å². The van der Waals surface area contributed by atoms with Crippen LogP contribution in [0.15, 0.2) is 0 Å². The molecule has 2 atom stereocenters.